The summed E-state index contributed by atoms with van der Waals surface area (Å²) in [7, 11) is 0. The quantitative estimate of drug-likeness (QED) is 0.813. The van der Waals surface area contributed by atoms with E-state index in [1.54, 1.807) is 4.90 Å². The van der Waals surface area contributed by atoms with E-state index < -0.39 is 12.2 Å². The minimum Gasteiger partial charge on any atom is -0.441 e. The average molecular weight is 307 g/mol. The van der Waals surface area contributed by atoms with E-state index in [1.165, 1.54) is 32.1 Å². The first kappa shape index (κ1) is 17.5. The first-order chi connectivity index (χ1) is 9.11. The van der Waals surface area contributed by atoms with Crippen molar-refractivity contribution >= 4 is 18.5 Å². The van der Waals surface area contributed by atoms with Crippen LogP contribution < -0.4 is 5.73 Å². The van der Waals surface area contributed by atoms with Gasteiger partial charge in [-0.15, -0.1) is 12.4 Å². The number of aliphatic hydroxyl groups excluding tert-OH is 1. The number of amides is 1. The van der Waals surface area contributed by atoms with Gasteiger partial charge in [-0.25, -0.2) is 4.79 Å². The van der Waals surface area contributed by atoms with Crippen LogP contribution >= 0.6 is 12.4 Å². The van der Waals surface area contributed by atoms with Gasteiger partial charge in [-0.05, 0) is 19.3 Å². The molecule has 1 saturated carbocycles. The van der Waals surface area contributed by atoms with Crippen molar-refractivity contribution in [1.82, 2.24) is 4.90 Å². The number of cyclic esters (lactones) is 1. The topological polar surface area (TPSA) is 75.8 Å². The second-order valence-electron chi connectivity index (χ2n) is 5.86. The number of hydrogen-bond donors (Lipinski definition) is 2. The first-order valence-corrected chi connectivity index (χ1v) is 7.51. The third-order valence-electron chi connectivity index (χ3n) is 4.44. The van der Waals surface area contributed by atoms with Gasteiger partial charge in [0, 0.05) is 12.6 Å². The Morgan fingerprint density at radius 3 is 2.60 bits per heavy atom. The monoisotopic (exact) mass is 306 g/mol. The zero-order valence-electron chi connectivity index (χ0n) is 12.2. The molecule has 0 aromatic carbocycles. The number of nitrogens with two attached hydrogens (primary N) is 1. The lowest BCUT2D eigenvalue weighted by molar-refractivity contribution is 0.0120. The maximum absolute atomic E-state index is 11.5. The van der Waals surface area contributed by atoms with Gasteiger partial charge in [0.15, 0.2) is 0 Å². The zero-order valence-corrected chi connectivity index (χ0v) is 13.0. The molecule has 1 heterocycles. The van der Waals surface area contributed by atoms with Gasteiger partial charge >= 0.3 is 6.09 Å². The largest absolute Gasteiger partial charge is 0.441 e. The molecule has 0 unspecified atom stereocenters. The van der Waals surface area contributed by atoms with E-state index in [-0.39, 0.29) is 24.5 Å². The highest BCUT2D eigenvalue weighted by Gasteiger charge is 2.38. The van der Waals surface area contributed by atoms with Gasteiger partial charge < -0.3 is 20.5 Å². The lowest BCUT2D eigenvalue weighted by Gasteiger charge is -2.28. The number of carbonyl (C=O) groups excluding carboxylic acids is 1. The Kier molecular flexibility index (Phi) is 7.06. The molecule has 0 spiro atoms. The van der Waals surface area contributed by atoms with E-state index >= 15 is 0 Å². The lowest BCUT2D eigenvalue weighted by Crippen LogP contribution is -2.45. The van der Waals surface area contributed by atoms with Gasteiger partial charge in [0.25, 0.3) is 0 Å². The molecule has 2 rings (SSSR count). The van der Waals surface area contributed by atoms with Crippen LogP contribution in [0.1, 0.15) is 45.4 Å². The Hall–Kier alpha value is -0.520. The molecule has 6 heteroatoms. The molecule has 1 saturated heterocycles. The van der Waals surface area contributed by atoms with Crippen LogP contribution in [-0.2, 0) is 4.74 Å². The molecular formula is C14H27ClN2O3. The van der Waals surface area contributed by atoms with Crippen LogP contribution in [0.5, 0.6) is 0 Å². The molecule has 1 aliphatic carbocycles. The molecule has 2 fully saturated rings. The van der Waals surface area contributed by atoms with Crippen LogP contribution in [0.25, 0.3) is 0 Å². The number of rotatable bonds is 5. The number of aliphatic hydroxyl groups is 1. The van der Waals surface area contributed by atoms with E-state index in [1.807, 2.05) is 6.92 Å². The van der Waals surface area contributed by atoms with Crippen LogP contribution in [-0.4, -0.2) is 47.4 Å². The van der Waals surface area contributed by atoms with Gasteiger partial charge in [-0.2, -0.15) is 0 Å². The highest BCUT2D eigenvalue weighted by molar-refractivity contribution is 5.85. The van der Waals surface area contributed by atoms with Gasteiger partial charge in [-0.1, -0.05) is 32.1 Å². The summed E-state index contributed by atoms with van der Waals surface area (Å²) in [6.45, 7) is 2.97. The number of nitrogens with zero attached hydrogens (tertiary/aromatic N) is 1. The van der Waals surface area contributed by atoms with Crippen LogP contribution in [0.2, 0.25) is 0 Å². The van der Waals surface area contributed by atoms with Crippen molar-refractivity contribution in [3.05, 3.63) is 0 Å². The molecule has 2 aliphatic rings. The summed E-state index contributed by atoms with van der Waals surface area (Å²) >= 11 is 0. The van der Waals surface area contributed by atoms with E-state index in [2.05, 4.69) is 0 Å². The van der Waals surface area contributed by atoms with Gasteiger partial charge in [0.05, 0.1) is 6.54 Å². The third kappa shape index (κ3) is 4.24. The summed E-state index contributed by atoms with van der Waals surface area (Å²) in [5.74, 6) is 0.623. The van der Waals surface area contributed by atoms with Crippen LogP contribution in [0.3, 0.4) is 0 Å². The van der Waals surface area contributed by atoms with Gasteiger partial charge in [-0.3, -0.25) is 0 Å². The first-order valence-electron chi connectivity index (χ1n) is 7.51. The fraction of sp³-hybridized carbons (Fsp3) is 0.929. The van der Waals surface area contributed by atoms with Gasteiger partial charge in [0.1, 0.15) is 12.2 Å². The van der Waals surface area contributed by atoms with Crippen LogP contribution in [0, 0.1) is 5.92 Å². The minimum atomic E-state index is -0.748. The number of ether oxygens (including phenoxy) is 1. The van der Waals surface area contributed by atoms with Crippen molar-refractivity contribution in [1.29, 1.82) is 0 Å². The maximum atomic E-state index is 11.5. The van der Waals surface area contributed by atoms with Crippen molar-refractivity contribution in [2.45, 2.75) is 63.7 Å². The van der Waals surface area contributed by atoms with E-state index in [0.717, 1.165) is 6.42 Å². The lowest BCUT2D eigenvalue weighted by atomic mass is 9.83. The Bertz CT molecular complexity index is 311. The highest BCUT2D eigenvalue weighted by atomic mass is 35.5. The average Bonchev–Trinajstić information content (AvgIpc) is 2.80. The summed E-state index contributed by atoms with van der Waals surface area (Å²) < 4.78 is 5.19. The molecule has 0 bridgehead atoms. The normalized spacial score (nSPS) is 26.9. The molecule has 1 amide bonds. The second kappa shape index (κ2) is 8.05. The van der Waals surface area contributed by atoms with Crippen LogP contribution in [0.4, 0.5) is 4.79 Å². The van der Waals surface area contributed by atoms with Crippen molar-refractivity contribution < 1.29 is 14.6 Å². The van der Waals surface area contributed by atoms with E-state index in [0.29, 0.717) is 19.0 Å². The van der Waals surface area contributed by atoms with Crippen LogP contribution in [0.15, 0.2) is 0 Å². The molecule has 1 aliphatic heterocycles. The predicted octanol–water partition coefficient (Wildman–Crippen LogP) is 1.91. The van der Waals surface area contributed by atoms with E-state index in [4.69, 9.17) is 10.5 Å². The van der Waals surface area contributed by atoms with Crippen molar-refractivity contribution in [3.63, 3.8) is 0 Å². The number of likely N-dealkylation sites (N-methyl/N-ethyl adjacent to an activating group) is 1. The molecule has 5 nitrogen and oxygen atoms in total. The summed E-state index contributed by atoms with van der Waals surface area (Å²) in [5.41, 5.74) is 6.10. The fourth-order valence-electron chi connectivity index (χ4n) is 3.19. The molecule has 0 aromatic rings. The Balaban J connectivity index is 0.00000200. The standard InChI is InChI=1S/C14H26N2O3.ClH/c1-2-16-9-12(19-14(16)18)13(17)11(15)8-10-6-4-3-5-7-10;/h10-13,17H,2-9,15H2,1H3;1H/t11-,12+,13+;/m0./s1. The zero-order chi connectivity index (χ0) is 13.8. The predicted molar refractivity (Wildman–Crippen MR) is 79.9 cm³/mol. The molecule has 118 valence electrons. The Morgan fingerprint density at radius 2 is 2.05 bits per heavy atom. The summed E-state index contributed by atoms with van der Waals surface area (Å²) in [6, 6.07) is -0.294. The smallest absolute Gasteiger partial charge is 0.410 e. The third-order valence-corrected chi connectivity index (χ3v) is 4.44. The minimum absolute atomic E-state index is 0. The molecule has 0 radical (unpaired) electrons. The molecule has 0 aromatic heterocycles. The molecular weight excluding hydrogens is 280 g/mol. The number of carbonyl (C=O) groups is 1. The number of hydrogen-bond acceptors (Lipinski definition) is 4. The molecule has 3 atom stereocenters. The molecule has 3 N–H and O–H groups in total. The fourth-order valence-corrected chi connectivity index (χ4v) is 3.19. The Labute approximate surface area is 127 Å². The Morgan fingerprint density at radius 1 is 1.40 bits per heavy atom. The van der Waals surface area contributed by atoms with Crippen molar-refractivity contribution in [3.8, 4) is 0 Å². The summed E-state index contributed by atoms with van der Waals surface area (Å²) in [4.78, 5) is 13.1. The summed E-state index contributed by atoms with van der Waals surface area (Å²) in [6.07, 6.45) is 5.58. The number of halogens is 1. The summed E-state index contributed by atoms with van der Waals surface area (Å²) in [5, 5.41) is 10.3. The highest BCUT2D eigenvalue weighted by Crippen LogP contribution is 2.28. The van der Waals surface area contributed by atoms with Crippen molar-refractivity contribution in [2.24, 2.45) is 11.7 Å². The van der Waals surface area contributed by atoms with Crippen molar-refractivity contribution in [2.75, 3.05) is 13.1 Å². The maximum Gasteiger partial charge on any atom is 0.410 e. The SMILES string of the molecule is CCN1C[C@H]([C@H](O)[C@@H](N)CC2CCCCC2)OC1=O.Cl. The van der Waals surface area contributed by atoms with E-state index in [9.17, 15) is 9.90 Å². The molecule has 20 heavy (non-hydrogen) atoms. The van der Waals surface area contributed by atoms with Gasteiger partial charge in [0.2, 0.25) is 0 Å². The second-order valence-corrected chi connectivity index (χ2v) is 5.86.